The van der Waals surface area contributed by atoms with Gasteiger partial charge in [-0.15, -0.1) is 0 Å². The molecule has 8 nitrogen and oxygen atoms in total. The van der Waals surface area contributed by atoms with Crippen LogP contribution in [0.25, 0.3) is 0 Å². The van der Waals surface area contributed by atoms with Crippen molar-refractivity contribution < 1.29 is 31.2 Å². The summed E-state index contributed by atoms with van der Waals surface area (Å²) in [5.74, 6) is -0.568. The molecule has 2 aliphatic rings. The van der Waals surface area contributed by atoms with Crippen molar-refractivity contribution in [2.75, 3.05) is 39.5 Å². The monoisotopic (exact) mass is 638 g/mol. The van der Waals surface area contributed by atoms with Gasteiger partial charge in [-0.1, -0.05) is 19.1 Å². The number of benzene rings is 1. The second kappa shape index (κ2) is 15.2. The van der Waals surface area contributed by atoms with Gasteiger partial charge < -0.3 is 20.4 Å². The zero-order chi connectivity index (χ0) is 32.7. The van der Waals surface area contributed by atoms with Crippen LogP contribution in [0.3, 0.4) is 0 Å². The smallest absolute Gasteiger partial charge is 0.370 e. The maximum Gasteiger partial charge on any atom is 0.416 e. The molecule has 1 unspecified atom stereocenters. The van der Waals surface area contributed by atoms with Crippen LogP contribution >= 0.6 is 0 Å². The number of allylic oxidation sites excluding steroid dienone is 3. The van der Waals surface area contributed by atoms with E-state index in [2.05, 4.69) is 27.5 Å². The highest BCUT2D eigenvalue weighted by molar-refractivity contribution is 7.94. The Bertz CT molecular complexity index is 1390. The maximum absolute atomic E-state index is 13.4. The topological polar surface area (TPSA) is 98.8 Å². The largest absolute Gasteiger partial charge is 0.416 e. The summed E-state index contributed by atoms with van der Waals surface area (Å²) in [6, 6.07) is 4.27. The van der Waals surface area contributed by atoms with Crippen molar-refractivity contribution in [3.63, 3.8) is 0 Å². The molecule has 2 fully saturated rings. The summed E-state index contributed by atoms with van der Waals surface area (Å²) in [4.78, 5) is 30.4. The Hall–Kier alpha value is -3.12. The minimum absolute atomic E-state index is 0.0295. The highest BCUT2D eigenvalue weighted by Crippen LogP contribution is 2.31. The van der Waals surface area contributed by atoms with Gasteiger partial charge in [-0.25, -0.2) is 8.42 Å². The summed E-state index contributed by atoms with van der Waals surface area (Å²) < 4.78 is 65.1. The van der Waals surface area contributed by atoms with Crippen molar-refractivity contribution in [2.45, 2.75) is 71.5 Å². The standard InChI is InChI=1S/C32H45F3N4O4S/c1-6-22(3)30(39-16-13-23(14-17-39)18-29(40)36-26-12-9-15-38(4)21-26)28(20-27(7-2)44(5,42)43)37-31(41)24-10-8-11-25(19-24)32(33,34)35/h7-8,10-11,19-20,23,26H,6,9,12-18,21H2,1-5H3,(H,36,40)(H,37,41). The van der Waals surface area contributed by atoms with Crippen LogP contribution in [0.15, 0.2) is 58.3 Å². The molecule has 0 aromatic heterocycles. The third kappa shape index (κ3) is 9.95. The first-order valence-electron chi connectivity index (χ1n) is 15.1. The normalized spacial score (nSPS) is 20.3. The van der Waals surface area contributed by atoms with E-state index < -0.39 is 27.5 Å². The van der Waals surface area contributed by atoms with E-state index in [0.717, 1.165) is 68.8 Å². The van der Waals surface area contributed by atoms with Gasteiger partial charge >= 0.3 is 6.18 Å². The average Bonchev–Trinajstić information content (AvgIpc) is 2.95. The number of carbonyl (C=O) groups excluding carboxylic acids is 2. The van der Waals surface area contributed by atoms with Crippen LogP contribution in [0.2, 0.25) is 0 Å². The first-order chi connectivity index (χ1) is 20.6. The lowest BCUT2D eigenvalue weighted by Crippen LogP contribution is -2.47. The Morgan fingerprint density at radius 1 is 1.11 bits per heavy atom. The molecule has 1 aromatic rings. The molecule has 0 aliphatic carbocycles. The number of amides is 2. The zero-order valence-electron chi connectivity index (χ0n) is 26.3. The molecule has 244 valence electrons. The lowest BCUT2D eigenvalue weighted by molar-refractivity contribution is -0.137. The Balaban J connectivity index is 1.84. The second-order valence-corrected chi connectivity index (χ2v) is 13.9. The fraction of sp³-hybridized carbons (Fsp3) is 0.562. The molecule has 0 bridgehead atoms. The lowest BCUT2D eigenvalue weighted by atomic mass is 9.91. The SMILES string of the molecule is CC=C(C=C(NC(=O)c1cccc(C(F)(F)F)c1)C(=C(C)CC)N1CCC(CC(=O)NC2CCCN(C)C2)CC1)S(C)(=O)=O. The molecule has 12 heteroatoms. The fourth-order valence-corrected chi connectivity index (χ4v) is 6.53. The number of halogens is 3. The summed E-state index contributed by atoms with van der Waals surface area (Å²) in [7, 11) is -1.62. The maximum atomic E-state index is 13.4. The van der Waals surface area contributed by atoms with E-state index in [9.17, 15) is 31.2 Å². The van der Waals surface area contributed by atoms with Gasteiger partial charge in [0.15, 0.2) is 9.84 Å². The molecule has 2 aliphatic heterocycles. The van der Waals surface area contributed by atoms with E-state index in [1.807, 2.05) is 13.8 Å². The van der Waals surface area contributed by atoms with Gasteiger partial charge in [0.1, 0.15) is 0 Å². The number of sulfone groups is 1. The van der Waals surface area contributed by atoms with Crippen molar-refractivity contribution in [1.82, 2.24) is 20.4 Å². The molecule has 3 rings (SSSR count). The number of nitrogens with zero attached hydrogens (tertiary/aromatic N) is 2. The Labute approximate surface area is 259 Å². The number of likely N-dealkylation sites (tertiary alicyclic amines) is 2. The molecular formula is C32H45F3N4O4S. The highest BCUT2D eigenvalue weighted by atomic mass is 32.2. The molecule has 2 saturated heterocycles. The summed E-state index contributed by atoms with van der Waals surface area (Å²) in [5, 5.41) is 5.91. The Kier molecular flexibility index (Phi) is 12.3. The molecule has 1 aromatic carbocycles. The van der Waals surface area contributed by atoms with Crippen molar-refractivity contribution in [1.29, 1.82) is 0 Å². The van der Waals surface area contributed by atoms with Crippen LogP contribution in [0.4, 0.5) is 13.2 Å². The van der Waals surface area contributed by atoms with E-state index in [1.165, 1.54) is 18.2 Å². The summed E-state index contributed by atoms with van der Waals surface area (Å²) >= 11 is 0. The first kappa shape index (κ1) is 35.4. The Morgan fingerprint density at radius 3 is 2.36 bits per heavy atom. The summed E-state index contributed by atoms with van der Waals surface area (Å²) in [6.07, 6.45) is 3.70. The van der Waals surface area contributed by atoms with Crippen LogP contribution in [0.5, 0.6) is 0 Å². The van der Waals surface area contributed by atoms with Crippen molar-refractivity contribution in [2.24, 2.45) is 5.92 Å². The van der Waals surface area contributed by atoms with E-state index in [-0.39, 0.29) is 34.0 Å². The second-order valence-electron chi connectivity index (χ2n) is 11.8. The predicted octanol–water partition coefficient (Wildman–Crippen LogP) is 5.26. The first-order valence-corrected chi connectivity index (χ1v) is 17.0. The predicted molar refractivity (Wildman–Crippen MR) is 166 cm³/mol. The highest BCUT2D eigenvalue weighted by Gasteiger charge is 2.32. The van der Waals surface area contributed by atoms with Crippen LogP contribution in [-0.2, 0) is 20.8 Å². The van der Waals surface area contributed by atoms with Gasteiger partial charge in [-0.05, 0) is 95.3 Å². The fourth-order valence-electron chi connectivity index (χ4n) is 5.77. The number of rotatable bonds is 10. The third-order valence-corrected chi connectivity index (χ3v) is 9.49. The number of carbonyl (C=O) groups is 2. The number of hydrogen-bond acceptors (Lipinski definition) is 6. The Morgan fingerprint density at radius 2 is 1.80 bits per heavy atom. The van der Waals surface area contributed by atoms with Crippen LogP contribution < -0.4 is 10.6 Å². The summed E-state index contributed by atoms with van der Waals surface area (Å²) in [5.41, 5.74) is 0.548. The molecule has 2 heterocycles. The van der Waals surface area contributed by atoms with Gasteiger partial charge in [0.05, 0.1) is 21.9 Å². The van der Waals surface area contributed by atoms with Crippen LogP contribution in [0.1, 0.15) is 75.2 Å². The summed E-state index contributed by atoms with van der Waals surface area (Å²) in [6.45, 7) is 8.41. The van der Waals surface area contributed by atoms with Crippen LogP contribution in [-0.4, -0.2) is 75.6 Å². The van der Waals surface area contributed by atoms with Gasteiger partial charge in [0, 0.05) is 43.9 Å². The van der Waals surface area contributed by atoms with Gasteiger partial charge in [0.25, 0.3) is 5.91 Å². The molecule has 0 saturated carbocycles. The minimum atomic E-state index is -4.62. The molecule has 1 atom stereocenters. The van der Waals surface area contributed by atoms with E-state index >= 15 is 0 Å². The molecule has 44 heavy (non-hydrogen) atoms. The number of alkyl halides is 3. The zero-order valence-corrected chi connectivity index (χ0v) is 27.1. The molecular weight excluding hydrogens is 593 g/mol. The number of nitrogens with one attached hydrogen (secondary N) is 2. The minimum Gasteiger partial charge on any atom is -0.370 e. The van der Waals surface area contributed by atoms with E-state index in [4.69, 9.17) is 0 Å². The molecule has 2 N–H and O–H groups in total. The van der Waals surface area contributed by atoms with Crippen molar-refractivity contribution >= 4 is 21.7 Å². The number of hydrogen-bond donors (Lipinski definition) is 2. The van der Waals surface area contributed by atoms with E-state index in [1.54, 1.807) is 6.92 Å². The number of piperidine rings is 2. The number of likely N-dealkylation sites (N-methyl/N-ethyl adjacent to an activating group) is 1. The third-order valence-electron chi connectivity index (χ3n) is 8.28. The van der Waals surface area contributed by atoms with Gasteiger partial charge in [0.2, 0.25) is 5.91 Å². The van der Waals surface area contributed by atoms with Crippen LogP contribution in [0, 0.1) is 5.92 Å². The van der Waals surface area contributed by atoms with Gasteiger partial charge in [-0.2, -0.15) is 13.2 Å². The quantitative estimate of drug-likeness (QED) is 0.339. The molecule has 0 radical (unpaired) electrons. The lowest BCUT2D eigenvalue weighted by Gasteiger charge is -2.37. The molecule has 2 amide bonds. The van der Waals surface area contributed by atoms with E-state index in [0.29, 0.717) is 31.6 Å². The molecule has 0 spiro atoms. The van der Waals surface area contributed by atoms with Crippen molar-refractivity contribution in [3.05, 3.63) is 69.4 Å². The van der Waals surface area contributed by atoms with Crippen molar-refractivity contribution in [3.8, 4) is 0 Å². The van der Waals surface area contributed by atoms with Gasteiger partial charge in [-0.3, -0.25) is 9.59 Å². The average molecular weight is 639 g/mol.